The van der Waals surface area contributed by atoms with Gasteiger partial charge in [0.1, 0.15) is 18.2 Å². The predicted molar refractivity (Wildman–Crippen MR) is 274 cm³/mol. The van der Waals surface area contributed by atoms with Crippen LogP contribution in [0.2, 0.25) is 0 Å². The van der Waals surface area contributed by atoms with E-state index < -0.39 is 103 Å². The van der Waals surface area contributed by atoms with Crippen LogP contribution < -0.4 is 0 Å². The number of nitrogens with zero attached hydrogens (tertiary/aromatic N) is 1. The normalized spacial score (nSPS) is 36.3. The van der Waals surface area contributed by atoms with Gasteiger partial charge in [0.15, 0.2) is 11.6 Å². The zero-order valence-electron chi connectivity index (χ0n) is 45.4. The molecular weight excluding hydrogens is 946 g/mol. The molecule has 17 heteroatoms. The highest BCUT2D eigenvalue weighted by molar-refractivity contribution is 7.53. The fourth-order valence-electron chi connectivity index (χ4n) is 10.9. The quantitative estimate of drug-likeness (QED) is 0.119. The first-order chi connectivity index (χ1) is 33.9. The highest BCUT2D eigenvalue weighted by atomic mass is 31.2. The molecule has 2 N–H and O–H groups in total. The molecule has 2 bridgehead atoms. The van der Waals surface area contributed by atoms with E-state index in [2.05, 4.69) is 0 Å². The second kappa shape index (κ2) is 28.1. The molecule has 1 aliphatic carbocycles. The summed E-state index contributed by atoms with van der Waals surface area (Å²) in [4.78, 5) is 72.4. The molecule has 3 aliphatic heterocycles. The van der Waals surface area contributed by atoms with Gasteiger partial charge in [0.2, 0.25) is 5.79 Å². The Labute approximate surface area is 429 Å². The lowest BCUT2D eigenvalue weighted by atomic mass is 9.78. The Balaban J connectivity index is 1.70. The summed E-state index contributed by atoms with van der Waals surface area (Å²) in [7, 11) is 1.16. The van der Waals surface area contributed by atoms with Crippen LogP contribution in [0.15, 0.2) is 47.6 Å². The van der Waals surface area contributed by atoms with Gasteiger partial charge < -0.3 is 47.8 Å². The molecule has 0 aromatic heterocycles. The molecule has 72 heavy (non-hydrogen) atoms. The van der Waals surface area contributed by atoms with Crippen molar-refractivity contribution in [1.29, 1.82) is 0 Å². The number of ketones is 3. The van der Waals surface area contributed by atoms with E-state index in [-0.39, 0.29) is 48.9 Å². The fraction of sp³-hybridized carbons (Fsp3) is 0.764. The van der Waals surface area contributed by atoms with Crippen molar-refractivity contribution in [3.8, 4) is 0 Å². The number of allylic oxidation sites excluding steroid dienone is 6. The zero-order chi connectivity index (χ0) is 53.7. The number of carbonyl (C=O) groups is 5. The van der Waals surface area contributed by atoms with Gasteiger partial charge in [0.25, 0.3) is 11.7 Å². The number of methoxy groups -OCH3 is 3. The summed E-state index contributed by atoms with van der Waals surface area (Å²) in [6, 6.07) is -1.17. The molecule has 0 aromatic rings. The molecule has 0 aromatic carbocycles. The van der Waals surface area contributed by atoms with Crippen LogP contribution in [-0.2, 0) is 61.3 Å². The number of piperidine rings is 1. The average molecular weight is 1030 g/mol. The van der Waals surface area contributed by atoms with Gasteiger partial charge in [-0.15, -0.1) is 0 Å². The van der Waals surface area contributed by atoms with Gasteiger partial charge in [-0.2, -0.15) is 0 Å². The maximum absolute atomic E-state index is 14.5. The molecule has 16 nitrogen and oxygen atoms in total. The number of hydrogen-bond acceptors (Lipinski definition) is 15. The third kappa shape index (κ3) is 16.9. The van der Waals surface area contributed by atoms with Gasteiger partial charge in [0.05, 0.1) is 36.6 Å². The van der Waals surface area contributed by atoms with Crippen LogP contribution in [0.3, 0.4) is 0 Å². The summed E-state index contributed by atoms with van der Waals surface area (Å²) in [5.74, 6) is -8.24. The van der Waals surface area contributed by atoms with Crippen LogP contribution in [-0.4, -0.2) is 140 Å². The molecule has 4 aliphatic rings. The van der Waals surface area contributed by atoms with Crippen molar-refractivity contribution >= 4 is 36.8 Å². The number of ether oxygens (including phenoxy) is 5. The first-order valence-corrected chi connectivity index (χ1v) is 28.3. The van der Waals surface area contributed by atoms with E-state index in [1.54, 1.807) is 54.9 Å². The SMILES string of the molecule is CO[C@H]1C[C@@H]2CC[C@@H](C)[C@@](O)(O2)C(=O)C(=O)N2CCCCC2C(=O)O[C@H]([C@H](C)C[C@@H]2CC[C@@H](OP(C)(=O)OC(C)C)[C@H](OC)C2)CC(=O)C(C)=CC(C)[C@@H](O)[C@@H](OC)C(=O)[C@H](C)C[C@H](C)C=CC=CC=C1C. The van der Waals surface area contributed by atoms with Crippen molar-refractivity contribution in [2.24, 2.45) is 35.5 Å². The first-order valence-electron chi connectivity index (χ1n) is 26.3. The van der Waals surface area contributed by atoms with Crippen LogP contribution in [0, 0.1) is 35.5 Å². The number of aliphatic hydroxyl groups is 2. The summed E-state index contributed by atoms with van der Waals surface area (Å²) >= 11 is 0. The number of carbonyl (C=O) groups excluding carboxylic acids is 5. The Morgan fingerprint density at radius 3 is 2.22 bits per heavy atom. The van der Waals surface area contributed by atoms with E-state index in [1.165, 1.54) is 18.7 Å². The molecule has 3 fully saturated rings. The Bertz CT molecular complexity index is 2020. The summed E-state index contributed by atoms with van der Waals surface area (Å²) in [6.45, 7) is 17.7. The Morgan fingerprint density at radius 1 is 0.861 bits per heavy atom. The minimum Gasteiger partial charge on any atom is -0.460 e. The Hall–Kier alpha value is -3.18. The van der Waals surface area contributed by atoms with E-state index in [0.29, 0.717) is 69.8 Å². The van der Waals surface area contributed by atoms with Crippen LogP contribution in [0.5, 0.6) is 0 Å². The maximum Gasteiger partial charge on any atom is 0.329 e. The van der Waals surface area contributed by atoms with Crippen LogP contribution in [0.4, 0.5) is 0 Å². The minimum absolute atomic E-state index is 0.00845. The number of rotatable bonds is 10. The van der Waals surface area contributed by atoms with Crippen molar-refractivity contribution in [2.45, 2.75) is 200 Å². The van der Waals surface area contributed by atoms with E-state index >= 15 is 0 Å². The third-order valence-corrected chi connectivity index (χ3v) is 16.7. The minimum atomic E-state index is -3.37. The second-order valence-corrected chi connectivity index (χ2v) is 23.6. The van der Waals surface area contributed by atoms with Crippen molar-refractivity contribution in [3.05, 3.63) is 47.6 Å². The smallest absolute Gasteiger partial charge is 0.329 e. The van der Waals surface area contributed by atoms with E-state index in [1.807, 2.05) is 58.1 Å². The van der Waals surface area contributed by atoms with Crippen LogP contribution in [0.1, 0.15) is 139 Å². The molecule has 4 rings (SSSR count). The monoisotopic (exact) mass is 1030 g/mol. The molecule has 2 saturated heterocycles. The van der Waals surface area contributed by atoms with E-state index in [4.69, 9.17) is 32.7 Å². The average Bonchev–Trinajstić information content (AvgIpc) is 3.32. The highest BCUT2D eigenvalue weighted by Gasteiger charge is 2.53. The molecule has 16 atom stereocenters. The number of aliphatic hydroxyl groups excluding tert-OH is 1. The van der Waals surface area contributed by atoms with Crippen molar-refractivity contribution in [2.75, 3.05) is 34.5 Å². The summed E-state index contributed by atoms with van der Waals surface area (Å²) in [5, 5.41) is 23.5. The maximum atomic E-state index is 14.5. The van der Waals surface area contributed by atoms with Gasteiger partial charge in [0, 0.05) is 65.1 Å². The molecular formula is C55H88NO15P. The van der Waals surface area contributed by atoms with Crippen molar-refractivity contribution < 1.29 is 71.5 Å². The van der Waals surface area contributed by atoms with Gasteiger partial charge in [-0.3, -0.25) is 23.7 Å². The van der Waals surface area contributed by atoms with Gasteiger partial charge in [-0.05, 0) is 121 Å². The Kier molecular flexibility index (Phi) is 23.9. The number of esters is 1. The number of hydrogen-bond donors (Lipinski definition) is 2. The standard InChI is InChI=1S/C55H88NO15P/c1-33(2)70-72(13,64)71-45-25-23-41(30-48(45)66-11)29-37(6)47-32-44(57)36(5)28-39(8)50(59)51(67-12)49(58)38(7)27-34(3)19-15-14-16-20-35(4)46(65-10)31-42-24-22-40(9)55(63,69-42)52(60)53(61)56-26-18-17-21-43(56)54(62)68-47/h14-16,19-20,28,33-34,37-43,45-48,50-51,59,63H,17-18,21-27,29-32H2,1-13H3/t34-,37-,38-,39?,40-,41+,42+,43?,45-,46+,47+,48-,50-,51+,55-,72?/m1/s1. The molecule has 1 amide bonds. The summed E-state index contributed by atoms with van der Waals surface area (Å²) in [6.07, 6.45) is 10.5. The summed E-state index contributed by atoms with van der Waals surface area (Å²) in [5.41, 5.74) is 1.16. The van der Waals surface area contributed by atoms with E-state index in [9.17, 15) is 38.8 Å². The molecule has 408 valence electrons. The number of cyclic esters (lactones) is 1. The molecule has 0 radical (unpaired) electrons. The lowest BCUT2D eigenvalue weighted by Gasteiger charge is -2.42. The summed E-state index contributed by atoms with van der Waals surface area (Å²) < 4.78 is 54.6. The topological polar surface area (TPSA) is 211 Å². The van der Waals surface area contributed by atoms with Crippen LogP contribution in [0.25, 0.3) is 0 Å². The van der Waals surface area contributed by atoms with Gasteiger partial charge in [-0.25, -0.2) is 4.79 Å². The molecule has 3 unspecified atom stereocenters. The lowest BCUT2D eigenvalue weighted by Crippen LogP contribution is -2.61. The second-order valence-electron chi connectivity index (χ2n) is 21.6. The largest absolute Gasteiger partial charge is 0.460 e. The van der Waals surface area contributed by atoms with E-state index in [0.717, 1.165) is 5.57 Å². The number of fused-ring (bicyclic) bond motifs is 3. The molecule has 0 spiro atoms. The highest BCUT2D eigenvalue weighted by Crippen LogP contribution is 2.49. The molecule has 3 heterocycles. The van der Waals surface area contributed by atoms with Crippen molar-refractivity contribution in [1.82, 2.24) is 4.90 Å². The fourth-order valence-corrected chi connectivity index (χ4v) is 12.4. The Morgan fingerprint density at radius 2 is 1.57 bits per heavy atom. The van der Waals surface area contributed by atoms with Crippen LogP contribution >= 0.6 is 7.60 Å². The zero-order valence-corrected chi connectivity index (χ0v) is 46.3. The number of amides is 1. The van der Waals surface area contributed by atoms with Crippen molar-refractivity contribution in [3.63, 3.8) is 0 Å². The predicted octanol–water partition coefficient (Wildman–Crippen LogP) is 8.45. The molecule has 1 saturated carbocycles. The first kappa shape index (κ1) is 61.4. The lowest BCUT2D eigenvalue weighted by molar-refractivity contribution is -0.265. The number of Topliss-reactive ketones (excluding diaryl/α,β-unsaturated/α-hetero) is 3. The van der Waals surface area contributed by atoms with Gasteiger partial charge in [-0.1, -0.05) is 71.1 Å². The van der Waals surface area contributed by atoms with Gasteiger partial charge >= 0.3 is 13.6 Å². The third-order valence-electron chi connectivity index (χ3n) is 15.2.